The average molecular weight is 430 g/mol. The van der Waals surface area contributed by atoms with Crippen LogP contribution in [0.4, 0.5) is 11.4 Å². The minimum atomic E-state index is -0.607. The van der Waals surface area contributed by atoms with Crippen LogP contribution in [0.2, 0.25) is 0 Å². The van der Waals surface area contributed by atoms with Gasteiger partial charge in [0.1, 0.15) is 0 Å². The Morgan fingerprint density at radius 2 is 2.10 bits per heavy atom. The van der Waals surface area contributed by atoms with E-state index in [4.69, 9.17) is 26.8 Å². The number of pyridine rings is 1. The van der Waals surface area contributed by atoms with E-state index >= 15 is 0 Å². The van der Waals surface area contributed by atoms with Gasteiger partial charge in [0, 0.05) is 29.2 Å². The normalized spacial score (nSPS) is 10.8. The van der Waals surface area contributed by atoms with Crippen LogP contribution in [0.1, 0.15) is 27.9 Å². The molecule has 0 unspecified atom stereocenters. The van der Waals surface area contributed by atoms with Crippen LogP contribution < -0.4 is 20.5 Å². The predicted molar refractivity (Wildman–Crippen MR) is 118 cm³/mol. The highest BCUT2D eigenvalue weighted by Gasteiger charge is 2.18. The number of anilines is 2. The molecule has 2 aromatic carbocycles. The van der Waals surface area contributed by atoms with Crippen molar-refractivity contribution in [3.63, 3.8) is 0 Å². The maximum absolute atomic E-state index is 12.1. The lowest BCUT2D eigenvalue weighted by Gasteiger charge is -2.18. The van der Waals surface area contributed by atoms with Crippen molar-refractivity contribution in [2.75, 3.05) is 24.9 Å². The summed E-state index contributed by atoms with van der Waals surface area (Å²) in [6.07, 6.45) is 2.14. The molecule has 0 aliphatic heterocycles. The Hall–Kier alpha value is -3.03. The molecule has 0 bridgehead atoms. The molecule has 30 heavy (non-hydrogen) atoms. The highest BCUT2D eigenvalue weighted by atomic mass is 35.5. The molecule has 0 atom stereocenters. The third-order valence-corrected chi connectivity index (χ3v) is 5.10. The minimum Gasteiger partial charge on any atom is -0.493 e. The summed E-state index contributed by atoms with van der Waals surface area (Å²) in [6, 6.07) is 9.06. The van der Waals surface area contributed by atoms with Crippen LogP contribution in [0.5, 0.6) is 11.5 Å². The number of fused-ring (bicyclic) bond motifs is 1. The first-order valence-electron chi connectivity index (χ1n) is 9.45. The van der Waals surface area contributed by atoms with Crippen molar-refractivity contribution >= 4 is 39.8 Å². The molecule has 0 spiro atoms. The molecule has 3 aromatic rings. The van der Waals surface area contributed by atoms with E-state index in [2.05, 4.69) is 10.3 Å². The highest BCUT2D eigenvalue weighted by Crippen LogP contribution is 2.38. The zero-order chi connectivity index (χ0) is 21.7. The molecule has 7 nitrogen and oxygen atoms in total. The van der Waals surface area contributed by atoms with E-state index in [1.807, 2.05) is 25.1 Å². The monoisotopic (exact) mass is 429 g/mol. The van der Waals surface area contributed by atoms with Crippen LogP contribution in [0.3, 0.4) is 0 Å². The van der Waals surface area contributed by atoms with E-state index in [-0.39, 0.29) is 12.2 Å². The van der Waals surface area contributed by atoms with Crippen molar-refractivity contribution in [2.45, 2.75) is 20.0 Å². The Morgan fingerprint density at radius 1 is 1.30 bits per heavy atom. The molecular weight excluding hydrogens is 406 g/mol. The van der Waals surface area contributed by atoms with E-state index in [9.17, 15) is 9.90 Å². The van der Waals surface area contributed by atoms with E-state index < -0.39 is 5.91 Å². The smallest absolute Gasteiger partial charge is 0.252 e. The van der Waals surface area contributed by atoms with Crippen molar-refractivity contribution < 1.29 is 19.4 Å². The van der Waals surface area contributed by atoms with Crippen LogP contribution in [-0.4, -0.2) is 35.6 Å². The number of amides is 1. The van der Waals surface area contributed by atoms with Crippen molar-refractivity contribution in [1.82, 2.24) is 4.98 Å². The van der Waals surface area contributed by atoms with Gasteiger partial charge in [-0.05, 0) is 36.6 Å². The van der Waals surface area contributed by atoms with Crippen LogP contribution in [-0.2, 0) is 6.61 Å². The molecular formula is C22H24ClN3O4. The second-order valence-corrected chi connectivity index (χ2v) is 7.07. The number of primary amides is 1. The topological polar surface area (TPSA) is 107 Å². The number of nitrogens with two attached hydrogens (primary N) is 1. The standard InChI is InChI=1S/C22H24ClN3O4/c1-13-14(12-27)5-3-6-17(13)26-21-15-9-19(29-2)20(30-8-4-7-23)10-18(15)25-11-16(21)22(24)28/h3,5-6,9-11,27H,4,7-8,12H2,1-2H3,(H2,24,28)(H,25,26). The number of nitrogens with one attached hydrogen (secondary N) is 1. The van der Waals surface area contributed by atoms with Gasteiger partial charge in [0.25, 0.3) is 5.91 Å². The number of carbonyl (C=O) groups excluding carboxylic acids is 1. The van der Waals surface area contributed by atoms with Gasteiger partial charge < -0.3 is 25.6 Å². The number of carbonyl (C=O) groups is 1. The number of aliphatic hydroxyl groups is 1. The first kappa shape index (κ1) is 21.7. The molecule has 4 N–H and O–H groups in total. The van der Waals surface area contributed by atoms with Crippen LogP contribution in [0.15, 0.2) is 36.5 Å². The van der Waals surface area contributed by atoms with E-state index in [1.54, 1.807) is 19.2 Å². The minimum absolute atomic E-state index is 0.0854. The molecule has 1 aromatic heterocycles. The highest BCUT2D eigenvalue weighted by molar-refractivity contribution is 6.17. The maximum Gasteiger partial charge on any atom is 0.252 e. The van der Waals surface area contributed by atoms with Gasteiger partial charge in [-0.1, -0.05) is 12.1 Å². The number of ether oxygens (including phenoxy) is 2. The van der Waals surface area contributed by atoms with Gasteiger partial charge in [-0.15, -0.1) is 11.6 Å². The maximum atomic E-state index is 12.1. The third-order valence-electron chi connectivity index (χ3n) is 4.83. The number of alkyl halides is 1. The second-order valence-electron chi connectivity index (χ2n) is 6.70. The van der Waals surface area contributed by atoms with Crippen molar-refractivity contribution in [3.05, 3.63) is 53.2 Å². The van der Waals surface area contributed by atoms with Gasteiger partial charge in [0.05, 0.1) is 37.1 Å². The predicted octanol–water partition coefficient (Wildman–Crippen LogP) is 3.89. The summed E-state index contributed by atoms with van der Waals surface area (Å²) < 4.78 is 11.3. The quantitative estimate of drug-likeness (QED) is 0.352. The number of aliphatic hydroxyl groups excluding tert-OH is 1. The fraction of sp³-hybridized carbons (Fsp3) is 0.273. The number of rotatable bonds is 9. The van der Waals surface area contributed by atoms with Gasteiger partial charge in [-0.3, -0.25) is 9.78 Å². The summed E-state index contributed by atoms with van der Waals surface area (Å²) in [6.45, 7) is 2.26. The Morgan fingerprint density at radius 3 is 2.77 bits per heavy atom. The number of hydrogen-bond donors (Lipinski definition) is 3. The van der Waals surface area contributed by atoms with Crippen LogP contribution >= 0.6 is 11.6 Å². The first-order valence-corrected chi connectivity index (χ1v) is 9.99. The van der Waals surface area contributed by atoms with E-state index in [0.717, 1.165) is 16.8 Å². The van der Waals surface area contributed by atoms with Gasteiger partial charge in [-0.2, -0.15) is 0 Å². The lowest BCUT2D eigenvalue weighted by atomic mass is 10.0. The zero-order valence-corrected chi connectivity index (χ0v) is 17.6. The number of hydrogen-bond acceptors (Lipinski definition) is 6. The lowest BCUT2D eigenvalue weighted by molar-refractivity contribution is 0.100. The van der Waals surface area contributed by atoms with Crippen molar-refractivity contribution in [2.24, 2.45) is 5.73 Å². The summed E-state index contributed by atoms with van der Waals surface area (Å²) in [5.41, 5.74) is 9.37. The summed E-state index contributed by atoms with van der Waals surface area (Å²) >= 11 is 5.72. The molecule has 3 rings (SSSR count). The Kier molecular flexibility index (Phi) is 6.97. The zero-order valence-electron chi connectivity index (χ0n) is 16.9. The summed E-state index contributed by atoms with van der Waals surface area (Å²) in [7, 11) is 1.54. The molecule has 0 fully saturated rings. The van der Waals surface area contributed by atoms with Gasteiger partial charge in [0.15, 0.2) is 11.5 Å². The number of nitrogens with zero attached hydrogens (tertiary/aromatic N) is 1. The second kappa shape index (κ2) is 9.65. The molecule has 0 aliphatic rings. The third kappa shape index (κ3) is 4.42. The van der Waals surface area contributed by atoms with Crippen LogP contribution in [0, 0.1) is 6.92 Å². The average Bonchev–Trinajstić information content (AvgIpc) is 2.74. The van der Waals surface area contributed by atoms with E-state index in [1.165, 1.54) is 6.20 Å². The van der Waals surface area contributed by atoms with Gasteiger partial charge in [-0.25, -0.2) is 0 Å². The molecule has 0 saturated heterocycles. The molecule has 1 heterocycles. The number of methoxy groups -OCH3 is 1. The Labute approximate surface area is 179 Å². The largest absolute Gasteiger partial charge is 0.493 e. The molecule has 8 heteroatoms. The fourth-order valence-corrected chi connectivity index (χ4v) is 3.26. The SMILES string of the molecule is COc1cc2c(Nc3cccc(CO)c3C)c(C(N)=O)cnc2cc1OCCCCl. The summed E-state index contributed by atoms with van der Waals surface area (Å²) in [4.78, 5) is 16.5. The fourth-order valence-electron chi connectivity index (χ4n) is 3.16. The number of aromatic nitrogens is 1. The van der Waals surface area contributed by atoms with Gasteiger partial charge >= 0.3 is 0 Å². The molecule has 0 saturated carbocycles. The molecule has 1 amide bonds. The number of benzene rings is 2. The number of halogens is 1. The lowest BCUT2D eigenvalue weighted by Crippen LogP contribution is -2.14. The van der Waals surface area contributed by atoms with E-state index in [0.29, 0.717) is 47.0 Å². The Balaban J connectivity index is 2.15. The van der Waals surface area contributed by atoms with Crippen LogP contribution in [0.25, 0.3) is 10.9 Å². The molecule has 0 aliphatic carbocycles. The summed E-state index contributed by atoms with van der Waals surface area (Å²) in [5, 5.41) is 13.5. The van der Waals surface area contributed by atoms with Gasteiger partial charge in [0.2, 0.25) is 0 Å². The molecule has 0 radical (unpaired) electrons. The van der Waals surface area contributed by atoms with Crippen molar-refractivity contribution in [1.29, 1.82) is 0 Å². The first-order chi connectivity index (χ1) is 14.5. The summed E-state index contributed by atoms with van der Waals surface area (Å²) in [5.74, 6) is 0.934. The van der Waals surface area contributed by atoms with Crippen molar-refractivity contribution in [3.8, 4) is 11.5 Å². The Bertz CT molecular complexity index is 1070. The molecule has 158 valence electrons.